The smallest absolute Gasteiger partial charge is 0.242 e. The molecule has 11 heteroatoms. The van der Waals surface area contributed by atoms with Crippen LogP contribution >= 0.6 is 0 Å². The number of amides is 2. The maximum Gasteiger partial charge on any atom is 0.242 e. The third-order valence-electron chi connectivity index (χ3n) is 5.75. The molecular weight excluding hydrogens is 492 g/mol. The van der Waals surface area contributed by atoms with Gasteiger partial charge in [0, 0.05) is 20.0 Å². The number of aliphatic imine (C=N–C) groups is 1. The molecular formula is C26H32N6O4S. The van der Waals surface area contributed by atoms with E-state index < -0.39 is 33.9 Å². The van der Waals surface area contributed by atoms with Crippen LogP contribution in [-0.2, 0) is 26.0 Å². The van der Waals surface area contributed by atoms with Gasteiger partial charge in [-0.1, -0.05) is 60.7 Å². The molecule has 1 unspecified atom stereocenters. The van der Waals surface area contributed by atoms with Gasteiger partial charge in [-0.15, -0.1) is 0 Å². The summed E-state index contributed by atoms with van der Waals surface area (Å²) in [5, 5.41) is 6.90. The first-order valence-electron chi connectivity index (χ1n) is 11.8. The van der Waals surface area contributed by atoms with Crippen LogP contribution in [0.2, 0.25) is 0 Å². The normalized spacial score (nSPS) is 12.9. The molecule has 3 aromatic rings. The largest absolute Gasteiger partial charge is 0.370 e. The molecule has 0 saturated carbocycles. The molecule has 0 fully saturated rings. The van der Waals surface area contributed by atoms with E-state index in [1.807, 2.05) is 54.6 Å². The highest BCUT2D eigenvalue weighted by Crippen LogP contribution is 2.19. The van der Waals surface area contributed by atoms with Gasteiger partial charge in [0.25, 0.3) is 0 Å². The molecule has 0 aromatic heterocycles. The number of nitrogens with one attached hydrogen (secondary N) is 3. The van der Waals surface area contributed by atoms with Crippen LogP contribution in [0.15, 0.2) is 82.7 Å². The molecule has 0 bridgehead atoms. The van der Waals surface area contributed by atoms with Crippen LogP contribution in [0, 0.1) is 0 Å². The van der Waals surface area contributed by atoms with Crippen molar-refractivity contribution >= 4 is 38.6 Å². The fourth-order valence-corrected chi connectivity index (χ4v) is 5.11. The van der Waals surface area contributed by atoms with Crippen molar-refractivity contribution in [1.82, 2.24) is 15.4 Å². The van der Waals surface area contributed by atoms with Crippen molar-refractivity contribution in [3.05, 3.63) is 78.4 Å². The molecule has 3 aromatic carbocycles. The van der Waals surface area contributed by atoms with Crippen molar-refractivity contribution in [1.29, 1.82) is 0 Å². The number of rotatable bonds is 12. The highest BCUT2D eigenvalue weighted by molar-refractivity contribution is 7.89. The third kappa shape index (κ3) is 8.02. The number of fused-ring (bicyclic) bond motifs is 1. The standard InChI is InChI=1S/C26H32N6O4S/c1-29-24(33)23(16-18-8-3-2-4-9-18)31-25(34)22(12-7-15-30-26(27)28)32-37(35,36)21-14-13-19-10-5-6-11-20(19)17-21/h2-6,8-11,13-14,17,22-23,32H,7,12,15-16H2,1H3,(H,29,33)(H,31,34)(H4,27,28,30)/t22?,23-/m0/s1. The van der Waals surface area contributed by atoms with Crippen molar-refractivity contribution in [2.24, 2.45) is 16.5 Å². The van der Waals surface area contributed by atoms with Crippen molar-refractivity contribution in [3.63, 3.8) is 0 Å². The fraction of sp³-hybridized carbons (Fsp3) is 0.269. The lowest BCUT2D eigenvalue weighted by Gasteiger charge is -2.23. The summed E-state index contributed by atoms with van der Waals surface area (Å²) in [4.78, 5) is 29.8. The molecule has 37 heavy (non-hydrogen) atoms. The first-order chi connectivity index (χ1) is 17.7. The molecule has 0 saturated heterocycles. The Hall–Kier alpha value is -3.96. The van der Waals surface area contributed by atoms with Crippen LogP contribution in [0.3, 0.4) is 0 Å². The number of guanidine groups is 1. The van der Waals surface area contributed by atoms with Gasteiger partial charge in [0.15, 0.2) is 5.96 Å². The number of carbonyl (C=O) groups excluding carboxylic acids is 2. The zero-order chi connectivity index (χ0) is 26.8. The minimum absolute atomic E-state index is 0.0281. The van der Waals surface area contributed by atoms with Crippen molar-refractivity contribution in [3.8, 4) is 0 Å². The number of benzene rings is 3. The highest BCUT2D eigenvalue weighted by atomic mass is 32.2. The number of sulfonamides is 1. The molecule has 10 nitrogen and oxygen atoms in total. The Kier molecular flexibility index (Phi) is 9.58. The Morgan fingerprint density at radius 1 is 0.892 bits per heavy atom. The molecule has 2 amide bonds. The Labute approximate surface area is 216 Å². The van der Waals surface area contributed by atoms with Gasteiger partial charge < -0.3 is 22.1 Å². The first kappa shape index (κ1) is 27.6. The summed E-state index contributed by atoms with van der Waals surface area (Å²) in [6.07, 6.45) is 0.686. The van der Waals surface area contributed by atoms with Crippen LogP contribution in [0.1, 0.15) is 18.4 Å². The van der Waals surface area contributed by atoms with Crippen molar-refractivity contribution in [2.45, 2.75) is 36.2 Å². The van der Waals surface area contributed by atoms with E-state index in [0.29, 0.717) is 6.42 Å². The average molecular weight is 525 g/mol. The Morgan fingerprint density at radius 3 is 2.24 bits per heavy atom. The van der Waals surface area contributed by atoms with Crippen LogP contribution < -0.4 is 26.8 Å². The minimum Gasteiger partial charge on any atom is -0.370 e. The molecule has 3 rings (SSSR count). The second-order valence-electron chi connectivity index (χ2n) is 8.50. The van der Waals surface area contributed by atoms with Crippen LogP contribution in [0.25, 0.3) is 10.8 Å². The van der Waals surface area contributed by atoms with Gasteiger partial charge in [-0.25, -0.2) is 8.42 Å². The van der Waals surface area contributed by atoms with E-state index in [2.05, 4.69) is 20.3 Å². The van der Waals surface area contributed by atoms with Gasteiger partial charge in [0.1, 0.15) is 12.1 Å². The van der Waals surface area contributed by atoms with Crippen LogP contribution in [0.5, 0.6) is 0 Å². The molecule has 0 aliphatic heterocycles. The predicted octanol–water partition coefficient (Wildman–Crippen LogP) is 1.01. The van der Waals surface area contributed by atoms with Gasteiger partial charge in [-0.2, -0.15) is 4.72 Å². The second kappa shape index (κ2) is 12.8. The number of nitrogens with two attached hydrogens (primary N) is 2. The summed E-state index contributed by atoms with van der Waals surface area (Å²) in [6.45, 7) is 0.215. The molecule has 0 aliphatic rings. The second-order valence-corrected chi connectivity index (χ2v) is 10.2. The van der Waals surface area contributed by atoms with Gasteiger partial charge in [0.2, 0.25) is 21.8 Å². The monoisotopic (exact) mass is 524 g/mol. The molecule has 7 N–H and O–H groups in total. The van der Waals surface area contributed by atoms with Gasteiger partial charge in [-0.3, -0.25) is 14.6 Å². The lowest BCUT2D eigenvalue weighted by molar-refractivity contribution is -0.129. The lowest BCUT2D eigenvalue weighted by atomic mass is 10.0. The number of hydrogen-bond acceptors (Lipinski definition) is 5. The number of hydrogen-bond donors (Lipinski definition) is 5. The maximum absolute atomic E-state index is 13.3. The summed E-state index contributed by atoms with van der Waals surface area (Å²) in [6, 6.07) is 19.3. The minimum atomic E-state index is -4.07. The summed E-state index contributed by atoms with van der Waals surface area (Å²) in [5.74, 6) is -1.12. The lowest BCUT2D eigenvalue weighted by Crippen LogP contribution is -2.54. The molecule has 196 valence electrons. The number of nitrogens with zero attached hydrogens (tertiary/aromatic N) is 1. The molecule has 0 heterocycles. The van der Waals surface area contributed by atoms with Crippen molar-refractivity contribution < 1.29 is 18.0 Å². The predicted molar refractivity (Wildman–Crippen MR) is 144 cm³/mol. The van der Waals surface area contributed by atoms with Crippen molar-refractivity contribution in [2.75, 3.05) is 13.6 Å². The summed E-state index contributed by atoms with van der Waals surface area (Å²) in [5.41, 5.74) is 11.6. The third-order valence-corrected chi connectivity index (χ3v) is 7.22. The number of likely N-dealkylation sites (N-methyl/N-ethyl adjacent to an activating group) is 1. The van der Waals surface area contributed by atoms with Gasteiger partial charge in [0.05, 0.1) is 4.90 Å². The summed E-state index contributed by atoms with van der Waals surface area (Å²) >= 11 is 0. The van der Waals surface area contributed by atoms with Gasteiger partial charge >= 0.3 is 0 Å². The zero-order valence-corrected chi connectivity index (χ0v) is 21.4. The average Bonchev–Trinajstić information content (AvgIpc) is 2.89. The van der Waals surface area contributed by atoms with Gasteiger partial charge in [-0.05, 0) is 41.3 Å². The number of carbonyl (C=O) groups is 2. The molecule has 0 aliphatic carbocycles. The maximum atomic E-state index is 13.3. The molecule has 2 atom stereocenters. The Bertz CT molecular complexity index is 1360. The summed E-state index contributed by atoms with van der Waals surface area (Å²) in [7, 11) is -2.59. The van der Waals surface area contributed by atoms with Crippen LogP contribution in [-0.4, -0.2) is 51.9 Å². The highest BCUT2D eigenvalue weighted by Gasteiger charge is 2.29. The van der Waals surface area contributed by atoms with E-state index in [0.717, 1.165) is 16.3 Å². The fourth-order valence-electron chi connectivity index (χ4n) is 3.84. The summed E-state index contributed by atoms with van der Waals surface area (Å²) < 4.78 is 29.0. The molecule has 0 spiro atoms. The van der Waals surface area contributed by atoms with E-state index in [9.17, 15) is 18.0 Å². The van der Waals surface area contributed by atoms with E-state index in [1.54, 1.807) is 12.1 Å². The topological polar surface area (TPSA) is 169 Å². The van der Waals surface area contributed by atoms with Crippen LogP contribution in [0.4, 0.5) is 0 Å². The quantitative estimate of drug-likeness (QED) is 0.135. The SMILES string of the molecule is CNC(=O)[C@H](Cc1ccccc1)NC(=O)C(CCCN=C(N)N)NS(=O)(=O)c1ccc2ccccc2c1. The van der Waals surface area contributed by atoms with E-state index >= 15 is 0 Å². The van der Waals surface area contributed by atoms with E-state index in [4.69, 9.17) is 11.5 Å². The first-order valence-corrected chi connectivity index (χ1v) is 13.3. The van der Waals surface area contributed by atoms with E-state index in [-0.39, 0.29) is 30.2 Å². The van der Waals surface area contributed by atoms with E-state index in [1.165, 1.54) is 13.1 Å². The Balaban J connectivity index is 1.83. The zero-order valence-electron chi connectivity index (χ0n) is 20.6. The Morgan fingerprint density at radius 2 is 1.57 bits per heavy atom. The molecule has 0 radical (unpaired) electrons.